The number of nitrogens with one attached hydrogen (secondary N) is 1. The highest BCUT2D eigenvalue weighted by Gasteiger charge is 2.28. The Balaban J connectivity index is 1.73. The summed E-state index contributed by atoms with van der Waals surface area (Å²) in [6, 6.07) is 8.60. The van der Waals surface area contributed by atoms with E-state index in [4.69, 9.17) is 4.74 Å². The predicted molar refractivity (Wildman–Crippen MR) is 74.1 cm³/mol. The van der Waals surface area contributed by atoms with Crippen LogP contribution >= 0.6 is 0 Å². The molecule has 1 aromatic carbocycles. The Labute approximate surface area is 110 Å². The lowest BCUT2D eigenvalue weighted by atomic mass is 9.77. The maximum atomic E-state index is 5.76. The Morgan fingerprint density at radius 3 is 3.06 bits per heavy atom. The molecule has 0 spiro atoms. The van der Waals surface area contributed by atoms with Crippen molar-refractivity contribution in [1.82, 2.24) is 5.32 Å². The highest BCUT2D eigenvalue weighted by atomic mass is 16.5. The van der Waals surface area contributed by atoms with Crippen LogP contribution in [0, 0.1) is 11.8 Å². The number of para-hydroxylation sites is 1. The van der Waals surface area contributed by atoms with Gasteiger partial charge in [-0.15, -0.1) is 0 Å². The molecule has 2 aliphatic rings. The quantitative estimate of drug-likeness (QED) is 0.864. The zero-order chi connectivity index (χ0) is 12.4. The van der Waals surface area contributed by atoms with E-state index < -0.39 is 0 Å². The van der Waals surface area contributed by atoms with Crippen LogP contribution in [0.25, 0.3) is 0 Å². The molecule has 2 heterocycles. The Hall–Kier alpha value is -1.02. The van der Waals surface area contributed by atoms with Crippen LogP contribution in [0.1, 0.15) is 37.7 Å². The van der Waals surface area contributed by atoms with Gasteiger partial charge in [0.2, 0.25) is 0 Å². The van der Waals surface area contributed by atoms with Crippen molar-refractivity contribution >= 4 is 0 Å². The Kier molecular flexibility index (Phi) is 3.55. The summed E-state index contributed by atoms with van der Waals surface area (Å²) < 4.78 is 5.76. The summed E-state index contributed by atoms with van der Waals surface area (Å²) in [7, 11) is 0. The number of ether oxygens (including phenoxy) is 1. The normalized spacial score (nSPS) is 31.5. The van der Waals surface area contributed by atoms with Gasteiger partial charge >= 0.3 is 0 Å². The molecule has 3 rings (SSSR count). The second-order valence-electron chi connectivity index (χ2n) is 5.84. The SMILES string of the molecule is CC1CNCCC1CC1CCOc2ccccc21. The fraction of sp³-hybridized carbons (Fsp3) is 0.625. The molecule has 18 heavy (non-hydrogen) atoms. The summed E-state index contributed by atoms with van der Waals surface area (Å²) in [5.74, 6) is 3.52. The average Bonchev–Trinajstić information content (AvgIpc) is 2.42. The Bertz CT molecular complexity index is 404. The van der Waals surface area contributed by atoms with Crippen LogP contribution in [0.4, 0.5) is 0 Å². The van der Waals surface area contributed by atoms with Crippen molar-refractivity contribution in [1.29, 1.82) is 0 Å². The number of benzene rings is 1. The van der Waals surface area contributed by atoms with E-state index in [2.05, 4.69) is 36.5 Å². The zero-order valence-corrected chi connectivity index (χ0v) is 11.2. The number of hydrogen-bond acceptors (Lipinski definition) is 2. The number of hydrogen-bond donors (Lipinski definition) is 1. The monoisotopic (exact) mass is 245 g/mol. The molecule has 1 N–H and O–H groups in total. The third-order valence-electron chi connectivity index (χ3n) is 4.63. The lowest BCUT2D eigenvalue weighted by Gasteiger charge is -2.34. The smallest absolute Gasteiger partial charge is 0.122 e. The van der Waals surface area contributed by atoms with Gasteiger partial charge in [0.05, 0.1) is 6.61 Å². The van der Waals surface area contributed by atoms with Gasteiger partial charge < -0.3 is 10.1 Å². The standard InChI is InChI=1S/C16H23NO/c1-12-11-17-8-6-13(12)10-14-7-9-18-16-5-3-2-4-15(14)16/h2-5,12-14,17H,6-11H2,1H3. The molecule has 98 valence electrons. The first kappa shape index (κ1) is 12.0. The second kappa shape index (κ2) is 5.31. The number of rotatable bonds is 2. The first-order chi connectivity index (χ1) is 8.84. The van der Waals surface area contributed by atoms with Crippen molar-refractivity contribution in [3.8, 4) is 5.75 Å². The van der Waals surface area contributed by atoms with Crippen LogP contribution in [0.3, 0.4) is 0 Å². The van der Waals surface area contributed by atoms with E-state index in [9.17, 15) is 0 Å². The maximum Gasteiger partial charge on any atom is 0.122 e. The minimum Gasteiger partial charge on any atom is -0.493 e. The van der Waals surface area contributed by atoms with Crippen LogP contribution in [0.15, 0.2) is 24.3 Å². The summed E-state index contributed by atoms with van der Waals surface area (Å²) in [5, 5.41) is 3.50. The lowest BCUT2D eigenvalue weighted by Crippen LogP contribution is -2.36. The number of fused-ring (bicyclic) bond motifs is 1. The van der Waals surface area contributed by atoms with Gasteiger partial charge in [-0.05, 0) is 61.7 Å². The first-order valence-electron chi connectivity index (χ1n) is 7.27. The molecule has 0 amide bonds. The van der Waals surface area contributed by atoms with Crippen LogP contribution in [-0.2, 0) is 0 Å². The minimum absolute atomic E-state index is 0.709. The van der Waals surface area contributed by atoms with Crippen molar-refractivity contribution in [2.45, 2.75) is 32.1 Å². The first-order valence-corrected chi connectivity index (χ1v) is 7.27. The molecule has 0 saturated carbocycles. The van der Waals surface area contributed by atoms with Gasteiger partial charge in [-0.3, -0.25) is 0 Å². The van der Waals surface area contributed by atoms with Crippen molar-refractivity contribution in [3.63, 3.8) is 0 Å². The van der Waals surface area contributed by atoms with Crippen LogP contribution in [0.2, 0.25) is 0 Å². The van der Waals surface area contributed by atoms with E-state index >= 15 is 0 Å². The van der Waals surface area contributed by atoms with Gasteiger partial charge in [-0.2, -0.15) is 0 Å². The molecule has 0 bridgehead atoms. The predicted octanol–water partition coefficient (Wildman–Crippen LogP) is 3.19. The molecule has 2 nitrogen and oxygen atoms in total. The van der Waals surface area contributed by atoms with E-state index in [1.54, 1.807) is 0 Å². The van der Waals surface area contributed by atoms with Crippen LogP contribution < -0.4 is 10.1 Å². The topological polar surface area (TPSA) is 21.3 Å². The molecule has 2 aliphatic heterocycles. The molecule has 1 aromatic rings. The summed E-state index contributed by atoms with van der Waals surface area (Å²) in [5.41, 5.74) is 1.44. The van der Waals surface area contributed by atoms with Gasteiger partial charge in [-0.25, -0.2) is 0 Å². The van der Waals surface area contributed by atoms with Gasteiger partial charge in [0.25, 0.3) is 0 Å². The molecule has 0 aliphatic carbocycles. The molecular formula is C16H23NO. The van der Waals surface area contributed by atoms with Gasteiger partial charge in [0, 0.05) is 0 Å². The molecular weight excluding hydrogens is 222 g/mol. The fourth-order valence-electron chi connectivity index (χ4n) is 3.44. The molecule has 1 fully saturated rings. The molecule has 0 radical (unpaired) electrons. The van der Waals surface area contributed by atoms with Gasteiger partial charge in [0.15, 0.2) is 0 Å². The molecule has 2 heteroatoms. The Morgan fingerprint density at radius 2 is 2.17 bits per heavy atom. The zero-order valence-electron chi connectivity index (χ0n) is 11.2. The van der Waals surface area contributed by atoms with Crippen molar-refractivity contribution in [2.75, 3.05) is 19.7 Å². The van der Waals surface area contributed by atoms with E-state index in [-0.39, 0.29) is 0 Å². The van der Waals surface area contributed by atoms with Gasteiger partial charge in [0.1, 0.15) is 5.75 Å². The van der Waals surface area contributed by atoms with Crippen molar-refractivity contribution in [3.05, 3.63) is 29.8 Å². The van der Waals surface area contributed by atoms with Crippen molar-refractivity contribution in [2.24, 2.45) is 11.8 Å². The third kappa shape index (κ3) is 2.39. The van der Waals surface area contributed by atoms with Gasteiger partial charge in [-0.1, -0.05) is 25.1 Å². The summed E-state index contributed by atoms with van der Waals surface area (Å²) in [6.45, 7) is 5.67. The Morgan fingerprint density at radius 1 is 1.28 bits per heavy atom. The highest BCUT2D eigenvalue weighted by molar-refractivity contribution is 5.37. The second-order valence-corrected chi connectivity index (χ2v) is 5.84. The van der Waals surface area contributed by atoms with E-state index in [1.165, 1.54) is 37.9 Å². The summed E-state index contributed by atoms with van der Waals surface area (Å²) in [6.07, 6.45) is 3.86. The lowest BCUT2D eigenvalue weighted by molar-refractivity contribution is 0.209. The highest BCUT2D eigenvalue weighted by Crippen LogP contribution is 2.39. The molecule has 1 saturated heterocycles. The molecule has 3 atom stereocenters. The summed E-state index contributed by atoms with van der Waals surface area (Å²) >= 11 is 0. The minimum atomic E-state index is 0.709. The fourth-order valence-corrected chi connectivity index (χ4v) is 3.44. The van der Waals surface area contributed by atoms with Crippen LogP contribution in [-0.4, -0.2) is 19.7 Å². The molecule has 0 aromatic heterocycles. The largest absolute Gasteiger partial charge is 0.493 e. The van der Waals surface area contributed by atoms with E-state index in [1.807, 2.05) is 0 Å². The maximum absolute atomic E-state index is 5.76. The average molecular weight is 245 g/mol. The van der Waals surface area contributed by atoms with E-state index in [0.29, 0.717) is 5.92 Å². The summed E-state index contributed by atoms with van der Waals surface area (Å²) in [4.78, 5) is 0. The molecule has 3 unspecified atom stereocenters. The third-order valence-corrected chi connectivity index (χ3v) is 4.63. The van der Waals surface area contributed by atoms with Crippen LogP contribution in [0.5, 0.6) is 5.75 Å². The number of piperidine rings is 1. The van der Waals surface area contributed by atoms with E-state index in [0.717, 1.165) is 24.2 Å². The van der Waals surface area contributed by atoms with Crippen molar-refractivity contribution < 1.29 is 4.74 Å².